The van der Waals surface area contributed by atoms with Crippen LogP contribution in [0.5, 0.6) is 0 Å². The fourth-order valence-corrected chi connectivity index (χ4v) is 2.62. The van der Waals surface area contributed by atoms with Gasteiger partial charge in [0.1, 0.15) is 5.69 Å². The lowest BCUT2D eigenvalue weighted by Gasteiger charge is -2.05. The van der Waals surface area contributed by atoms with E-state index < -0.39 is 0 Å². The van der Waals surface area contributed by atoms with Gasteiger partial charge in [0, 0.05) is 31.1 Å². The lowest BCUT2D eigenvalue weighted by atomic mass is 10.3. The molecule has 24 heavy (non-hydrogen) atoms. The Morgan fingerprint density at radius 3 is 2.62 bits per heavy atom. The summed E-state index contributed by atoms with van der Waals surface area (Å²) in [6, 6.07) is 5.72. The predicted molar refractivity (Wildman–Crippen MR) is 91.2 cm³/mol. The molecule has 0 N–H and O–H groups in total. The highest BCUT2D eigenvalue weighted by atomic mass is 15.4. The van der Waals surface area contributed by atoms with Crippen LogP contribution in [0.15, 0.2) is 36.8 Å². The number of hydrogen-bond acceptors (Lipinski definition) is 5. The molecule has 0 amide bonds. The van der Waals surface area contributed by atoms with Crippen molar-refractivity contribution in [1.29, 1.82) is 0 Å². The van der Waals surface area contributed by atoms with Gasteiger partial charge in [-0.25, -0.2) is 19.6 Å². The SMILES string of the molecule is CCCCn1nc(C2CC2)nc1-c1cnc(-c2ccccn2)nc1. The molecule has 0 bridgehead atoms. The molecule has 0 aromatic carbocycles. The highest BCUT2D eigenvalue weighted by Gasteiger charge is 2.29. The van der Waals surface area contributed by atoms with Crippen molar-refractivity contribution in [3.63, 3.8) is 0 Å². The third kappa shape index (κ3) is 3.04. The third-order valence-electron chi connectivity index (χ3n) is 4.16. The summed E-state index contributed by atoms with van der Waals surface area (Å²) in [4.78, 5) is 18.0. The van der Waals surface area contributed by atoms with Crippen LogP contribution in [0.4, 0.5) is 0 Å². The normalized spacial score (nSPS) is 14.0. The van der Waals surface area contributed by atoms with Crippen LogP contribution in [0.25, 0.3) is 22.9 Å². The average Bonchev–Trinajstić information content (AvgIpc) is 3.41. The Kier molecular flexibility index (Phi) is 4.02. The van der Waals surface area contributed by atoms with E-state index in [1.54, 1.807) is 6.20 Å². The van der Waals surface area contributed by atoms with Crippen LogP contribution in [-0.4, -0.2) is 29.7 Å². The molecular formula is C18H20N6. The van der Waals surface area contributed by atoms with Gasteiger partial charge in [0.05, 0.1) is 5.56 Å². The molecule has 0 radical (unpaired) electrons. The van der Waals surface area contributed by atoms with Crippen molar-refractivity contribution in [1.82, 2.24) is 29.7 Å². The summed E-state index contributed by atoms with van der Waals surface area (Å²) >= 11 is 0. The summed E-state index contributed by atoms with van der Waals surface area (Å²) in [6.45, 7) is 3.07. The smallest absolute Gasteiger partial charge is 0.178 e. The summed E-state index contributed by atoms with van der Waals surface area (Å²) in [6.07, 6.45) is 10.0. The molecule has 122 valence electrons. The van der Waals surface area contributed by atoms with Gasteiger partial charge >= 0.3 is 0 Å². The van der Waals surface area contributed by atoms with Crippen LogP contribution < -0.4 is 0 Å². The fourth-order valence-electron chi connectivity index (χ4n) is 2.62. The van der Waals surface area contributed by atoms with Gasteiger partial charge in [0.25, 0.3) is 0 Å². The van der Waals surface area contributed by atoms with Gasteiger partial charge in [0.2, 0.25) is 0 Å². The second kappa shape index (κ2) is 6.47. The highest BCUT2D eigenvalue weighted by molar-refractivity contribution is 5.56. The Morgan fingerprint density at radius 1 is 1.12 bits per heavy atom. The second-order valence-corrected chi connectivity index (χ2v) is 6.15. The van der Waals surface area contributed by atoms with Crippen molar-refractivity contribution in [2.75, 3.05) is 0 Å². The van der Waals surface area contributed by atoms with E-state index in [1.165, 1.54) is 12.8 Å². The van der Waals surface area contributed by atoms with E-state index in [0.29, 0.717) is 11.7 Å². The molecule has 0 aliphatic heterocycles. The molecule has 6 nitrogen and oxygen atoms in total. The standard InChI is InChI=1S/C18H20N6/c1-2-3-10-24-18(22-16(23-24)13-7-8-13)14-11-20-17(21-12-14)15-6-4-5-9-19-15/h4-6,9,11-13H,2-3,7-8,10H2,1H3. The van der Waals surface area contributed by atoms with Crippen LogP contribution in [0.3, 0.4) is 0 Å². The molecule has 0 atom stereocenters. The van der Waals surface area contributed by atoms with Gasteiger partial charge < -0.3 is 0 Å². The molecule has 0 unspecified atom stereocenters. The molecule has 3 heterocycles. The maximum absolute atomic E-state index is 4.75. The van der Waals surface area contributed by atoms with Gasteiger partial charge in [-0.05, 0) is 31.4 Å². The van der Waals surface area contributed by atoms with Crippen LogP contribution >= 0.6 is 0 Å². The number of aryl methyl sites for hydroxylation is 1. The quantitative estimate of drug-likeness (QED) is 0.695. The van der Waals surface area contributed by atoms with Crippen LogP contribution in [0, 0.1) is 0 Å². The van der Waals surface area contributed by atoms with E-state index in [1.807, 2.05) is 35.3 Å². The summed E-state index contributed by atoms with van der Waals surface area (Å²) < 4.78 is 2.01. The first kappa shape index (κ1) is 14.9. The number of unbranched alkanes of at least 4 members (excludes halogenated alkanes) is 1. The van der Waals surface area contributed by atoms with E-state index in [0.717, 1.165) is 42.3 Å². The number of hydrogen-bond donors (Lipinski definition) is 0. The van der Waals surface area contributed by atoms with Crippen LogP contribution in [0.2, 0.25) is 0 Å². The molecule has 6 heteroatoms. The lowest BCUT2D eigenvalue weighted by Crippen LogP contribution is -2.03. The molecule has 1 fully saturated rings. The third-order valence-corrected chi connectivity index (χ3v) is 4.16. The minimum Gasteiger partial charge on any atom is -0.253 e. The summed E-state index contributed by atoms with van der Waals surface area (Å²) in [5, 5.41) is 4.70. The molecule has 0 saturated heterocycles. The van der Waals surface area contributed by atoms with Crippen LogP contribution in [-0.2, 0) is 6.54 Å². The van der Waals surface area contributed by atoms with Crippen molar-refractivity contribution in [2.45, 2.75) is 45.1 Å². The topological polar surface area (TPSA) is 69.4 Å². The van der Waals surface area contributed by atoms with E-state index in [9.17, 15) is 0 Å². The lowest BCUT2D eigenvalue weighted by molar-refractivity contribution is 0.570. The molecule has 1 aliphatic rings. The Balaban J connectivity index is 1.65. The van der Waals surface area contributed by atoms with Gasteiger partial charge in [-0.1, -0.05) is 19.4 Å². The fraction of sp³-hybridized carbons (Fsp3) is 0.389. The van der Waals surface area contributed by atoms with Gasteiger partial charge in [0.15, 0.2) is 17.5 Å². The zero-order valence-corrected chi connectivity index (χ0v) is 13.8. The molecule has 1 saturated carbocycles. The average molecular weight is 320 g/mol. The largest absolute Gasteiger partial charge is 0.253 e. The highest BCUT2D eigenvalue weighted by Crippen LogP contribution is 2.38. The zero-order chi connectivity index (χ0) is 16.4. The summed E-state index contributed by atoms with van der Waals surface area (Å²) in [5.74, 6) is 3.01. The Labute approximate surface area is 141 Å². The molecule has 0 spiro atoms. The van der Waals surface area contributed by atoms with E-state index in [-0.39, 0.29) is 0 Å². The molecule has 3 aromatic heterocycles. The van der Waals surface area contributed by atoms with Crippen LogP contribution in [0.1, 0.15) is 44.3 Å². The molecule has 3 aromatic rings. The van der Waals surface area contributed by atoms with E-state index >= 15 is 0 Å². The zero-order valence-electron chi connectivity index (χ0n) is 13.8. The van der Waals surface area contributed by atoms with Crippen molar-refractivity contribution < 1.29 is 0 Å². The first-order valence-corrected chi connectivity index (χ1v) is 8.53. The van der Waals surface area contributed by atoms with Gasteiger partial charge in [-0.2, -0.15) is 5.10 Å². The molecule has 1 aliphatic carbocycles. The first-order chi connectivity index (χ1) is 11.8. The minimum atomic E-state index is 0.542. The van der Waals surface area contributed by atoms with Gasteiger partial charge in [-0.15, -0.1) is 0 Å². The number of pyridine rings is 1. The van der Waals surface area contributed by atoms with Crippen molar-refractivity contribution in [3.8, 4) is 22.9 Å². The molecular weight excluding hydrogens is 300 g/mol. The Morgan fingerprint density at radius 2 is 1.96 bits per heavy atom. The van der Waals surface area contributed by atoms with E-state index in [2.05, 4.69) is 21.9 Å². The second-order valence-electron chi connectivity index (χ2n) is 6.15. The molecule has 4 rings (SSSR count). The maximum atomic E-state index is 4.75. The predicted octanol–water partition coefficient (Wildman–Crippen LogP) is 3.47. The Bertz CT molecular complexity index is 805. The van der Waals surface area contributed by atoms with Crippen molar-refractivity contribution in [2.24, 2.45) is 0 Å². The monoisotopic (exact) mass is 320 g/mol. The summed E-state index contributed by atoms with van der Waals surface area (Å²) in [5.41, 5.74) is 1.68. The van der Waals surface area contributed by atoms with E-state index in [4.69, 9.17) is 10.1 Å². The number of rotatable bonds is 6. The van der Waals surface area contributed by atoms with Gasteiger partial charge in [-0.3, -0.25) is 4.98 Å². The minimum absolute atomic E-state index is 0.542. The first-order valence-electron chi connectivity index (χ1n) is 8.53. The van der Waals surface area contributed by atoms with Crippen molar-refractivity contribution in [3.05, 3.63) is 42.6 Å². The summed E-state index contributed by atoms with van der Waals surface area (Å²) in [7, 11) is 0. The van der Waals surface area contributed by atoms with Crippen molar-refractivity contribution >= 4 is 0 Å². The maximum Gasteiger partial charge on any atom is 0.178 e. The number of aromatic nitrogens is 6. The Hall–Kier alpha value is -2.63. The number of nitrogens with zero attached hydrogens (tertiary/aromatic N) is 6.